The predicted octanol–water partition coefficient (Wildman–Crippen LogP) is 2.57. The molecule has 0 heterocycles. The fourth-order valence-electron chi connectivity index (χ4n) is 1.19. The Bertz CT molecular complexity index is 396. The zero-order valence-corrected chi connectivity index (χ0v) is 9.04. The Kier molecular flexibility index (Phi) is 4.43. The number of ether oxygens (including phenoxy) is 1. The van der Waals surface area contributed by atoms with Gasteiger partial charge in [-0.1, -0.05) is 31.0 Å². The fraction of sp³-hybridized carbons (Fsp3) is 0.308. The Morgan fingerprint density at radius 1 is 1.33 bits per heavy atom. The van der Waals surface area contributed by atoms with E-state index in [0.717, 1.165) is 12.0 Å². The summed E-state index contributed by atoms with van der Waals surface area (Å²) < 4.78 is 5.07. The minimum atomic E-state index is -0.300. The molecule has 78 valence electrons. The van der Waals surface area contributed by atoms with Crippen LogP contribution in [0.25, 0.3) is 0 Å². The number of rotatable bonds is 2. The highest BCUT2D eigenvalue weighted by molar-refractivity contribution is 5.69. The molecule has 1 aromatic carbocycles. The molecular weight excluding hydrogens is 188 g/mol. The number of carbonyl (C=O) groups excluding carboxylic acids is 1. The summed E-state index contributed by atoms with van der Waals surface area (Å²) in [4.78, 5) is 10.8. The lowest BCUT2D eigenvalue weighted by Gasteiger charge is -2.05. The summed E-state index contributed by atoms with van der Waals surface area (Å²) in [6.07, 6.45) is 1.47. The second-order valence-corrected chi connectivity index (χ2v) is 3.09. The van der Waals surface area contributed by atoms with Crippen LogP contribution in [0.5, 0.6) is 5.75 Å². The van der Waals surface area contributed by atoms with E-state index in [-0.39, 0.29) is 5.97 Å². The van der Waals surface area contributed by atoms with Gasteiger partial charge in [-0.15, -0.1) is 5.92 Å². The monoisotopic (exact) mass is 202 g/mol. The van der Waals surface area contributed by atoms with Gasteiger partial charge in [0.25, 0.3) is 0 Å². The van der Waals surface area contributed by atoms with Gasteiger partial charge in [-0.05, 0) is 6.07 Å². The molecule has 0 amide bonds. The van der Waals surface area contributed by atoms with Crippen LogP contribution in [0.1, 0.15) is 25.8 Å². The van der Waals surface area contributed by atoms with Gasteiger partial charge in [0.05, 0.1) is 0 Å². The second kappa shape index (κ2) is 5.87. The van der Waals surface area contributed by atoms with E-state index in [4.69, 9.17) is 4.74 Å². The van der Waals surface area contributed by atoms with Crippen molar-refractivity contribution in [1.29, 1.82) is 0 Å². The third kappa shape index (κ3) is 3.86. The molecule has 1 aromatic rings. The molecule has 0 saturated carbocycles. The van der Waals surface area contributed by atoms with Crippen LogP contribution in [0.3, 0.4) is 0 Å². The van der Waals surface area contributed by atoms with Crippen LogP contribution in [0.2, 0.25) is 0 Å². The van der Waals surface area contributed by atoms with E-state index in [0.29, 0.717) is 12.2 Å². The Morgan fingerprint density at radius 3 is 2.73 bits per heavy atom. The first kappa shape index (κ1) is 11.3. The minimum Gasteiger partial charge on any atom is -0.426 e. The van der Waals surface area contributed by atoms with Gasteiger partial charge >= 0.3 is 5.97 Å². The first-order valence-electron chi connectivity index (χ1n) is 4.96. The van der Waals surface area contributed by atoms with Gasteiger partial charge in [0.1, 0.15) is 5.75 Å². The van der Waals surface area contributed by atoms with E-state index in [1.807, 2.05) is 25.1 Å². The number of hydrogen-bond acceptors (Lipinski definition) is 2. The van der Waals surface area contributed by atoms with Crippen LogP contribution in [-0.2, 0) is 11.2 Å². The number of esters is 1. The van der Waals surface area contributed by atoms with Gasteiger partial charge in [0, 0.05) is 25.3 Å². The average molecular weight is 202 g/mol. The highest BCUT2D eigenvalue weighted by atomic mass is 16.5. The fourth-order valence-corrected chi connectivity index (χ4v) is 1.19. The largest absolute Gasteiger partial charge is 0.426 e. The predicted molar refractivity (Wildman–Crippen MR) is 59.5 cm³/mol. The first-order valence-corrected chi connectivity index (χ1v) is 4.96. The van der Waals surface area contributed by atoms with Gasteiger partial charge in [0.15, 0.2) is 0 Å². The highest BCUT2D eigenvalue weighted by Crippen LogP contribution is 2.18. The Hall–Kier alpha value is -1.75. The molecule has 0 fully saturated rings. The van der Waals surface area contributed by atoms with Crippen molar-refractivity contribution < 1.29 is 9.53 Å². The van der Waals surface area contributed by atoms with Crippen molar-refractivity contribution in [2.24, 2.45) is 0 Å². The molecule has 0 aliphatic carbocycles. The molecule has 15 heavy (non-hydrogen) atoms. The van der Waals surface area contributed by atoms with Crippen LogP contribution in [0, 0.1) is 11.8 Å². The number of benzene rings is 1. The zero-order valence-electron chi connectivity index (χ0n) is 9.04. The van der Waals surface area contributed by atoms with Crippen molar-refractivity contribution in [2.45, 2.75) is 26.7 Å². The molecule has 0 unspecified atom stereocenters. The lowest BCUT2D eigenvalue weighted by atomic mass is 10.1. The van der Waals surface area contributed by atoms with Crippen LogP contribution in [0.15, 0.2) is 24.3 Å². The maximum absolute atomic E-state index is 10.8. The summed E-state index contributed by atoms with van der Waals surface area (Å²) in [6.45, 7) is 3.40. The van der Waals surface area contributed by atoms with Crippen LogP contribution in [0.4, 0.5) is 0 Å². The van der Waals surface area contributed by atoms with E-state index in [2.05, 4.69) is 11.8 Å². The second-order valence-electron chi connectivity index (χ2n) is 3.09. The molecule has 0 N–H and O–H groups in total. The number of hydrogen-bond donors (Lipinski definition) is 0. The SMILES string of the molecule is CCC#CCc1ccccc1OC(C)=O. The van der Waals surface area contributed by atoms with Crippen molar-refractivity contribution in [3.05, 3.63) is 29.8 Å². The maximum atomic E-state index is 10.8. The summed E-state index contributed by atoms with van der Waals surface area (Å²) in [6, 6.07) is 7.46. The first-order chi connectivity index (χ1) is 7.24. The molecule has 2 nitrogen and oxygen atoms in total. The molecule has 0 saturated heterocycles. The quantitative estimate of drug-likeness (QED) is 0.418. The van der Waals surface area contributed by atoms with Crippen LogP contribution < -0.4 is 4.74 Å². The summed E-state index contributed by atoms with van der Waals surface area (Å²) in [5.74, 6) is 6.32. The standard InChI is InChI=1S/C13H14O2/c1-3-4-5-8-12-9-6-7-10-13(12)15-11(2)14/h6-7,9-10H,3,8H2,1-2H3. The molecule has 0 aromatic heterocycles. The maximum Gasteiger partial charge on any atom is 0.308 e. The molecule has 0 aliphatic heterocycles. The Morgan fingerprint density at radius 2 is 2.07 bits per heavy atom. The lowest BCUT2D eigenvalue weighted by Crippen LogP contribution is -2.03. The zero-order chi connectivity index (χ0) is 11.1. The van der Waals surface area contributed by atoms with Gasteiger partial charge < -0.3 is 4.74 Å². The summed E-state index contributed by atoms with van der Waals surface area (Å²) >= 11 is 0. The summed E-state index contributed by atoms with van der Waals surface area (Å²) in [5.41, 5.74) is 0.952. The normalized spacial score (nSPS) is 8.93. The Labute approximate surface area is 90.3 Å². The van der Waals surface area contributed by atoms with Crippen LogP contribution >= 0.6 is 0 Å². The topological polar surface area (TPSA) is 26.3 Å². The van der Waals surface area contributed by atoms with Gasteiger partial charge in [-0.25, -0.2) is 0 Å². The third-order valence-electron chi connectivity index (χ3n) is 1.81. The van der Waals surface area contributed by atoms with E-state index in [9.17, 15) is 4.79 Å². The molecule has 0 spiro atoms. The molecule has 0 radical (unpaired) electrons. The molecule has 0 atom stereocenters. The molecule has 0 aliphatic rings. The Balaban J connectivity index is 2.81. The van der Waals surface area contributed by atoms with Crippen molar-refractivity contribution in [3.8, 4) is 17.6 Å². The van der Waals surface area contributed by atoms with Crippen molar-refractivity contribution in [1.82, 2.24) is 0 Å². The molecular formula is C13H14O2. The average Bonchev–Trinajstić information content (AvgIpc) is 2.20. The van der Waals surface area contributed by atoms with Crippen LogP contribution in [-0.4, -0.2) is 5.97 Å². The van der Waals surface area contributed by atoms with Gasteiger partial charge in [-0.3, -0.25) is 4.79 Å². The number of para-hydroxylation sites is 1. The number of carbonyl (C=O) groups is 1. The van der Waals surface area contributed by atoms with E-state index in [1.54, 1.807) is 6.07 Å². The summed E-state index contributed by atoms with van der Waals surface area (Å²) in [5, 5.41) is 0. The third-order valence-corrected chi connectivity index (χ3v) is 1.81. The van der Waals surface area contributed by atoms with Gasteiger partial charge in [-0.2, -0.15) is 0 Å². The van der Waals surface area contributed by atoms with E-state index < -0.39 is 0 Å². The van der Waals surface area contributed by atoms with Crippen molar-refractivity contribution >= 4 is 5.97 Å². The smallest absolute Gasteiger partial charge is 0.308 e. The minimum absolute atomic E-state index is 0.300. The highest BCUT2D eigenvalue weighted by Gasteiger charge is 2.03. The van der Waals surface area contributed by atoms with E-state index >= 15 is 0 Å². The van der Waals surface area contributed by atoms with Crippen molar-refractivity contribution in [3.63, 3.8) is 0 Å². The lowest BCUT2D eigenvalue weighted by molar-refractivity contribution is -0.131. The van der Waals surface area contributed by atoms with Gasteiger partial charge in [0.2, 0.25) is 0 Å². The molecule has 1 rings (SSSR count). The van der Waals surface area contributed by atoms with Crippen molar-refractivity contribution in [2.75, 3.05) is 0 Å². The van der Waals surface area contributed by atoms with E-state index in [1.165, 1.54) is 6.92 Å². The molecule has 2 heteroatoms. The summed E-state index contributed by atoms with van der Waals surface area (Å²) in [7, 11) is 0. The molecule has 0 bridgehead atoms.